The highest BCUT2D eigenvalue weighted by molar-refractivity contribution is 6.03. The molecule has 1 heterocycles. The number of amides is 1. The molecule has 0 aliphatic carbocycles. The zero-order valence-electron chi connectivity index (χ0n) is 8.52. The molecular weight excluding hydrogens is 228 g/mol. The minimum atomic E-state index is -0.920. The molecule has 0 aliphatic rings. The van der Waals surface area contributed by atoms with Crippen molar-refractivity contribution in [2.45, 2.75) is 0 Å². The molecule has 0 fully saturated rings. The van der Waals surface area contributed by atoms with Gasteiger partial charge in [0.25, 0.3) is 5.91 Å². The number of hydrogen-bond acceptors (Lipinski definition) is 3. The lowest BCUT2D eigenvalue weighted by atomic mass is 10.2. The van der Waals surface area contributed by atoms with Crippen LogP contribution >= 0.6 is 0 Å². The Kier molecular flexibility index (Phi) is 3.04. The van der Waals surface area contributed by atoms with Gasteiger partial charge in [-0.1, -0.05) is 0 Å². The zero-order chi connectivity index (χ0) is 12.3. The molecule has 0 unspecified atom stereocenters. The smallest absolute Gasteiger partial charge is 0.259 e. The highest BCUT2D eigenvalue weighted by Crippen LogP contribution is 2.11. The fraction of sp³-hybridized carbons (Fsp3) is 0. The predicted molar refractivity (Wildman–Crippen MR) is 56.3 cm³/mol. The van der Waals surface area contributed by atoms with E-state index in [1.807, 2.05) is 0 Å². The predicted octanol–water partition coefficient (Wildman–Crippen LogP) is 2.01. The number of anilines is 1. The lowest BCUT2D eigenvalue weighted by Crippen LogP contribution is -2.14. The maximum atomic E-state index is 13.3. The van der Waals surface area contributed by atoms with Gasteiger partial charge in [0.1, 0.15) is 23.8 Å². The third-order valence-electron chi connectivity index (χ3n) is 2.00. The highest BCUT2D eigenvalue weighted by atomic mass is 19.1. The van der Waals surface area contributed by atoms with E-state index in [1.54, 1.807) is 0 Å². The second kappa shape index (κ2) is 4.65. The van der Waals surface area contributed by atoms with Crippen molar-refractivity contribution in [2.75, 3.05) is 5.32 Å². The van der Waals surface area contributed by atoms with Crippen LogP contribution in [-0.4, -0.2) is 15.9 Å². The monoisotopic (exact) mass is 235 g/mol. The third-order valence-corrected chi connectivity index (χ3v) is 2.00. The molecule has 2 rings (SSSR count). The summed E-state index contributed by atoms with van der Waals surface area (Å²) in [6.45, 7) is 0. The van der Waals surface area contributed by atoms with Crippen LogP contribution in [0.25, 0.3) is 0 Å². The van der Waals surface area contributed by atoms with Gasteiger partial charge in [0.2, 0.25) is 0 Å². The first-order valence-electron chi connectivity index (χ1n) is 4.69. The number of benzene rings is 1. The minimum absolute atomic E-state index is 0.244. The second-order valence-electron chi connectivity index (χ2n) is 3.17. The third kappa shape index (κ3) is 2.60. The van der Waals surface area contributed by atoms with Crippen molar-refractivity contribution in [3.05, 3.63) is 54.0 Å². The van der Waals surface area contributed by atoms with E-state index in [0.717, 1.165) is 12.1 Å². The lowest BCUT2D eigenvalue weighted by Gasteiger charge is -2.04. The molecule has 1 aromatic carbocycles. The van der Waals surface area contributed by atoms with Crippen molar-refractivity contribution in [1.82, 2.24) is 9.97 Å². The zero-order valence-corrected chi connectivity index (χ0v) is 8.52. The average molecular weight is 235 g/mol. The van der Waals surface area contributed by atoms with Crippen LogP contribution in [0.2, 0.25) is 0 Å². The Labute approximate surface area is 95.3 Å². The molecule has 1 N–H and O–H groups in total. The van der Waals surface area contributed by atoms with E-state index in [4.69, 9.17) is 0 Å². The second-order valence-corrected chi connectivity index (χ2v) is 3.17. The summed E-state index contributed by atoms with van der Waals surface area (Å²) in [6.07, 6.45) is 2.68. The van der Waals surface area contributed by atoms with Crippen molar-refractivity contribution in [2.24, 2.45) is 0 Å². The molecule has 86 valence electrons. The summed E-state index contributed by atoms with van der Waals surface area (Å²) in [5, 5.41) is 2.37. The van der Waals surface area contributed by atoms with Crippen molar-refractivity contribution < 1.29 is 13.6 Å². The largest absolute Gasteiger partial charge is 0.306 e. The summed E-state index contributed by atoms with van der Waals surface area (Å²) >= 11 is 0. The normalized spacial score (nSPS) is 10.0. The Bertz CT molecular complexity index is 546. The lowest BCUT2D eigenvalue weighted by molar-refractivity contribution is 0.102. The van der Waals surface area contributed by atoms with Crippen molar-refractivity contribution in [3.8, 4) is 0 Å². The van der Waals surface area contributed by atoms with E-state index in [2.05, 4.69) is 15.3 Å². The summed E-state index contributed by atoms with van der Waals surface area (Å²) in [7, 11) is 0. The fourth-order valence-corrected chi connectivity index (χ4v) is 1.22. The van der Waals surface area contributed by atoms with Gasteiger partial charge in [0, 0.05) is 12.3 Å². The summed E-state index contributed by atoms with van der Waals surface area (Å²) in [5.41, 5.74) is -0.245. The molecule has 17 heavy (non-hydrogen) atoms. The number of nitrogens with zero attached hydrogens (tertiary/aromatic N) is 2. The van der Waals surface area contributed by atoms with Gasteiger partial charge in [-0.2, -0.15) is 0 Å². The number of carbonyl (C=O) groups is 1. The quantitative estimate of drug-likeness (QED) is 0.866. The Morgan fingerprint density at radius 3 is 2.71 bits per heavy atom. The SMILES string of the molecule is O=C(Nc1ccncn1)c1ccc(F)cc1F. The number of aromatic nitrogens is 2. The Balaban J connectivity index is 2.21. The molecule has 0 saturated heterocycles. The average Bonchev–Trinajstić information content (AvgIpc) is 2.30. The number of rotatable bonds is 2. The number of hydrogen-bond donors (Lipinski definition) is 1. The molecule has 2 aromatic rings. The van der Waals surface area contributed by atoms with E-state index < -0.39 is 17.5 Å². The molecule has 1 aromatic heterocycles. The first kappa shape index (κ1) is 11.1. The minimum Gasteiger partial charge on any atom is -0.306 e. The standard InChI is InChI=1S/C11H7F2N3O/c12-7-1-2-8(9(13)5-7)11(17)16-10-3-4-14-6-15-10/h1-6H,(H,14,15,16,17). The van der Waals surface area contributed by atoms with Gasteiger partial charge in [0.05, 0.1) is 5.56 Å². The molecule has 0 bridgehead atoms. The van der Waals surface area contributed by atoms with E-state index in [1.165, 1.54) is 18.6 Å². The van der Waals surface area contributed by atoms with Crippen molar-refractivity contribution >= 4 is 11.7 Å². The van der Waals surface area contributed by atoms with Gasteiger partial charge in [-0.25, -0.2) is 18.7 Å². The highest BCUT2D eigenvalue weighted by Gasteiger charge is 2.12. The van der Waals surface area contributed by atoms with Crippen LogP contribution in [0, 0.1) is 11.6 Å². The number of carbonyl (C=O) groups excluding carboxylic acids is 1. The van der Waals surface area contributed by atoms with E-state index in [0.29, 0.717) is 6.07 Å². The van der Waals surface area contributed by atoms with Crippen molar-refractivity contribution in [3.63, 3.8) is 0 Å². The van der Waals surface area contributed by atoms with Gasteiger partial charge < -0.3 is 5.32 Å². The Hall–Kier alpha value is -2.37. The Morgan fingerprint density at radius 1 is 1.24 bits per heavy atom. The molecule has 1 amide bonds. The van der Waals surface area contributed by atoms with Crippen LogP contribution in [-0.2, 0) is 0 Å². The summed E-state index contributed by atoms with van der Waals surface area (Å²) in [4.78, 5) is 19.0. The van der Waals surface area contributed by atoms with Gasteiger partial charge in [-0.15, -0.1) is 0 Å². The maximum absolute atomic E-state index is 13.3. The topological polar surface area (TPSA) is 54.9 Å². The van der Waals surface area contributed by atoms with Crippen LogP contribution in [0.3, 0.4) is 0 Å². The van der Waals surface area contributed by atoms with E-state index in [-0.39, 0.29) is 11.4 Å². The van der Waals surface area contributed by atoms with Crippen LogP contribution in [0.5, 0.6) is 0 Å². The van der Waals surface area contributed by atoms with Gasteiger partial charge in [0.15, 0.2) is 0 Å². The molecule has 4 nitrogen and oxygen atoms in total. The van der Waals surface area contributed by atoms with Gasteiger partial charge in [-0.3, -0.25) is 4.79 Å². The molecule has 0 atom stereocenters. The first-order chi connectivity index (χ1) is 8.16. The molecule has 0 aliphatic heterocycles. The molecule has 0 spiro atoms. The number of nitrogens with one attached hydrogen (secondary N) is 1. The fourth-order valence-electron chi connectivity index (χ4n) is 1.22. The molecular formula is C11H7F2N3O. The molecule has 6 heteroatoms. The molecule has 0 radical (unpaired) electrons. The summed E-state index contributed by atoms with van der Waals surface area (Å²) < 4.78 is 25.9. The molecule has 0 saturated carbocycles. The van der Waals surface area contributed by atoms with Gasteiger partial charge >= 0.3 is 0 Å². The van der Waals surface area contributed by atoms with E-state index >= 15 is 0 Å². The van der Waals surface area contributed by atoms with Crippen LogP contribution in [0.15, 0.2) is 36.8 Å². The summed E-state index contributed by atoms with van der Waals surface area (Å²) in [5.74, 6) is -2.10. The summed E-state index contributed by atoms with van der Waals surface area (Å²) in [6, 6.07) is 4.19. The maximum Gasteiger partial charge on any atom is 0.259 e. The van der Waals surface area contributed by atoms with Crippen LogP contribution in [0.1, 0.15) is 10.4 Å². The van der Waals surface area contributed by atoms with E-state index in [9.17, 15) is 13.6 Å². The first-order valence-corrected chi connectivity index (χ1v) is 4.69. The van der Waals surface area contributed by atoms with Crippen LogP contribution < -0.4 is 5.32 Å². The van der Waals surface area contributed by atoms with Crippen LogP contribution in [0.4, 0.5) is 14.6 Å². The van der Waals surface area contributed by atoms with Gasteiger partial charge in [-0.05, 0) is 18.2 Å². The Morgan fingerprint density at radius 2 is 2.06 bits per heavy atom. The number of halogens is 2. The van der Waals surface area contributed by atoms with Crippen molar-refractivity contribution in [1.29, 1.82) is 0 Å².